The second-order valence-electron chi connectivity index (χ2n) is 15.9. The van der Waals surface area contributed by atoms with Crippen LogP contribution in [0, 0.1) is 13.8 Å². The molecule has 0 spiro atoms. The van der Waals surface area contributed by atoms with Gasteiger partial charge in [0.2, 0.25) is 0 Å². The minimum absolute atomic E-state index is 0.0552. The molecule has 0 aliphatic carbocycles. The zero-order valence-electron chi connectivity index (χ0n) is 34.1. The van der Waals surface area contributed by atoms with Gasteiger partial charge in [0, 0.05) is 100 Å². The summed E-state index contributed by atoms with van der Waals surface area (Å²) in [5, 5.41) is 3.10. The van der Waals surface area contributed by atoms with Gasteiger partial charge in [0.25, 0.3) is 11.8 Å². The van der Waals surface area contributed by atoms with Gasteiger partial charge in [-0.15, -0.1) is 0 Å². The molecule has 4 aromatic carbocycles. The molecule has 3 aliphatic heterocycles. The standard InChI is InChI=1S/C47H52N6O5/c1-31-10-6-9-13-43(31)48-45(54)40-27-44(50(5)32(40)2)41-25-34-18-19-52(47(56)58-39-16-14-37(15-17-39)49(3)4)28-36(34)26-42(41)46(55)53-29-35-12-8-7-11-33(35)24-38(53)30-51-20-22-57-23-21-51/h6-17,25-27,38H,18-24,28-30H2,1-5H3,(H,48,54)/t38-/m0/s1. The number of morpholine rings is 1. The number of carbonyl (C=O) groups excluding carboxylic acids is 3. The van der Waals surface area contributed by atoms with Gasteiger partial charge in [-0.25, -0.2) is 4.79 Å². The van der Waals surface area contributed by atoms with Crippen LogP contribution in [0.25, 0.3) is 11.3 Å². The molecule has 0 radical (unpaired) electrons. The summed E-state index contributed by atoms with van der Waals surface area (Å²) >= 11 is 0. The number of aryl methyl sites for hydroxylation is 1. The molecule has 1 fully saturated rings. The molecule has 58 heavy (non-hydrogen) atoms. The number of hydrogen-bond acceptors (Lipinski definition) is 7. The Balaban J connectivity index is 1.16. The SMILES string of the molecule is Cc1ccccc1NC(=O)c1cc(-c2cc3c(cc2C(=O)N2Cc4ccccc4C[C@H]2CN2CCOCC2)CN(C(=O)Oc2ccc(N(C)C)cc2)CC3)n(C)c1C. The maximum atomic E-state index is 15.4. The van der Waals surface area contributed by atoms with Crippen LogP contribution in [0.5, 0.6) is 5.75 Å². The number of nitrogens with one attached hydrogen (secondary N) is 1. The molecule has 0 unspecified atom stereocenters. The van der Waals surface area contributed by atoms with Gasteiger partial charge in [-0.1, -0.05) is 42.5 Å². The van der Waals surface area contributed by atoms with Crippen molar-refractivity contribution in [2.24, 2.45) is 7.05 Å². The van der Waals surface area contributed by atoms with E-state index in [1.807, 2.05) is 104 Å². The Morgan fingerprint density at radius 1 is 0.810 bits per heavy atom. The van der Waals surface area contributed by atoms with E-state index in [0.717, 1.165) is 76.6 Å². The molecule has 3 aliphatic rings. The summed E-state index contributed by atoms with van der Waals surface area (Å²) in [5.41, 5.74) is 10.6. The van der Waals surface area contributed by atoms with Crippen molar-refractivity contribution < 1.29 is 23.9 Å². The van der Waals surface area contributed by atoms with Gasteiger partial charge in [-0.05, 0) is 103 Å². The Morgan fingerprint density at radius 2 is 1.53 bits per heavy atom. The van der Waals surface area contributed by atoms with Crippen molar-refractivity contribution >= 4 is 29.3 Å². The maximum Gasteiger partial charge on any atom is 0.415 e. The van der Waals surface area contributed by atoms with Crippen molar-refractivity contribution in [3.8, 4) is 17.0 Å². The number of ether oxygens (including phenoxy) is 2. The van der Waals surface area contributed by atoms with E-state index in [4.69, 9.17) is 9.47 Å². The first-order valence-corrected chi connectivity index (χ1v) is 20.2. The van der Waals surface area contributed by atoms with Gasteiger partial charge >= 0.3 is 6.09 Å². The first-order valence-electron chi connectivity index (χ1n) is 20.2. The number of fused-ring (bicyclic) bond motifs is 2. The Labute approximate surface area is 340 Å². The summed E-state index contributed by atoms with van der Waals surface area (Å²) in [6, 6.07) is 29.5. The Kier molecular flexibility index (Phi) is 11.1. The fourth-order valence-corrected chi connectivity index (χ4v) is 8.45. The topological polar surface area (TPSA) is 99.6 Å². The van der Waals surface area contributed by atoms with Gasteiger partial charge in [-0.3, -0.25) is 14.5 Å². The number of hydrogen-bond donors (Lipinski definition) is 1. The molecule has 11 nitrogen and oxygen atoms in total. The van der Waals surface area contributed by atoms with Crippen LogP contribution in [0.4, 0.5) is 16.2 Å². The van der Waals surface area contributed by atoms with Crippen molar-refractivity contribution in [2.45, 2.75) is 45.8 Å². The second-order valence-corrected chi connectivity index (χ2v) is 15.9. The largest absolute Gasteiger partial charge is 0.415 e. The average molecular weight is 781 g/mol. The van der Waals surface area contributed by atoms with E-state index in [9.17, 15) is 9.59 Å². The number of amides is 3. The van der Waals surface area contributed by atoms with Gasteiger partial charge in [0.15, 0.2) is 0 Å². The van der Waals surface area contributed by atoms with Crippen LogP contribution >= 0.6 is 0 Å². The predicted octanol–water partition coefficient (Wildman–Crippen LogP) is 7.08. The third-order valence-electron chi connectivity index (χ3n) is 12.0. The minimum Gasteiger partial charge on any atom is -0.410 e. The zero-order valence-corrected chi connectivity index (χ0v) is 34.1. The number of para-hydroxylation sites is 1. The number of aromatic nitrogens is 1. The zero-order chi connectivity index (χ0) is 40.5. The van der Waals surface area contributed by atoms with E-state index in [1.54, 1.807) is 17.0 Å². The lowest BCUT2D eigenvalue weighted by Gasteiger charge is -2.41. The smallest absolute Gasteiger partial charge is 0.410 e. The molecule has 8 rings (SSSR count). The summed E-state index contributed by atoms with van der Waals surface area (Å²) in [7, 11) is 5.88. The lowest BCUT2D eigenvalue weighted by molar-refractivity contribution is 0.0193. The van der Waals surface area contributed by atoms with Crippen LogP contribution in [0.3, 0.4) is 0 Å². The highest BCUT2D eigenvalue weighted by molar-refractivity contribution is 6.07. The van der Waals surface area contributed by atoms with Crippen LogP contribution < -0.4 is 15.0 Å². The number of benzene rings is 4. The summed E-state index contributed by atoms with van der Waals surface area (Å²) in [6.45, 7) is 8.92. The molecule has 1 N–H and O–H groups in total. The number of anilines is 2. The summed E-state index contributed by atoms with van der Waals surface area (Å²) in [6.07, 6.45) is 0.911. The Morgan fingerprint density at radius 3 is 2.28 bits per heavy atom. The third kappa shape index (κ3) is 7.97. The summed E-state index contributed by atoms with van der Waals surface area (Å²) < 4.78 is 13.5. The Hall–Kier alpha value is -5.91. The highest BCUT2D eigenvalue weighted by Gasteiger charge is 2.35. The van der Waals surface area contributed by atoms with Crippen molar-refractivity contribution in [3.63, 3.8) is 0 Å². The normalized spacial score (nSPS) is 16.7. The number of rotatable bonds is 8. The molecular weight excluding hydrogens is 729 g/mol. The van der Waals surface area contributed by atoms with Crippen molar-refractivity contribution in [1.29, 1.82) is 0 Å². The average Bonchev–Trinajstić information content (AvgIpc) is 3.53. The number of nitrogens with zero attached hydrogens (tertiary/aromatic N) is 5. The fourth-order valence-electron chi connectivity index (χ4n) is 8.45. The molecule has 0 saturated carbocycles. The fraction of sp³-hybridized carbons (Fsp3) is 0.340. The van der Waals surface area contributed by atoms with E-state index in [-0.39, 0.29) is 17.9 Å². The minimum atomic E-state index is -0.430. The Bertz CT molecular complexity index is 2340. The highest BCUT2D eigenvalue weighted by Crippen LogP contribution is 2.36. The van der Waals surface area contributed by atoms with Crippen molar-refractivity contribution in [2.75, 3.05) is 63.7 Å². The first-order chi connectivity index (χ1) is 28.0. The van der Waals surface area contributed by atoms with Crippen molar-refractivity contribution in [1.82, 2.24) is 19.3 Å². The van der Waals surface area contributed by atoms with E-state index < -0.39 is 6.09 Å². The second kappa shape index (κ2) is 16.5. The quantitative estimate of drug-likeness (QED) is 0.180. The molecule has 1 aromatic heterocycles. The lowest BCUT2D eigenvalue weighted by atomic mass is 9.89. The van der Waals surface area contributed by atoms with Gasteiger partial charge in [0.05, 0.1) is 18.8 Å². The molecule has 11 heteroatoms. The summed E-state index contributed by atoms with van der Waals surface area (Å²) in [4.78, 5) is 50.9. The van der Waals surface area contributed by atoms with Gasteiger partial charge < -0.3 is 34.1 Å². The molecule has 1 saturated heterocycles. The third-order valence-corrected chi connectivity index (χ3v) is 12.0. The maximum absolute atomic E-state index is 15.4. The van der Waals surface area contributed by atoms with Crippen LogP contribution in [0.15, 0.2) is 91.0 Å². The van der Waals surface area contributed by atoms with Crippen LogP contribution in [-0.2, 0) is 37.7 Å². The molecule has 3 amide bonds. The van der Waals surface area contributed by atoms with Crippen LogP contribution in [0.1, 0.15) is 54.2 Å². The van der Waals surface area contributed by atoms with E-state index in [1.165, 1.54) is 5.56 Å². The predicted molar refractivity (Wildman–Crippen MR) is 227 cm³/mol. The van der Waals surface area contributed by atoms with Crippen molar-refractivity contribution in [3.05, 3.63) is 136 Å². The number of carbonyl (C=O) groups is 3. The highest BCUT2D eigenvalue weighted by atomic mass is 16.6. The molecule has 0 bridgehead atoms. The molecule has 5 aromatic rings. The van der Waals surface area contributed by atoms with Gasteiger partial charge in [-0.2, -0.15) is 0 Å². The first kappa shape index (κ1) is 38.9. The molecular formula is C47H52N6O5. The van der Waals surface area contributed by atoms with Crippen LogP contribution in [0.2, 0.25) is 0 Å². The molecule has 4 heterocycles. The molecule has 300 valence electrons. The van der Waals surface area contributed by atoms with E-state index in [0.29, 0.717) is 56.1 Å². The monoisotopic (exact) mass is 780 g/mol. The van der Waals surface area contributed by atoms with Crippen LogP contribution in [-0.4, -0.2) is 96.7 Å². The van der Waals surface area contributed by atoms with Gasteiger partial charge in [0.1, 0.15) is 5.75 Å². The van der Waals surface area contributed by atoms with E-state index in [2.05, 4.69) is 34.5 Å². The van der Waals surface area contributed by atoms with E-state index >= 15 is 4.79 Å². The lowest BCUT2D eigenvalue weighted by Crippen LogP contribution is -2.52. The molecule has 1 atom stereocenters. The summed E-state index contributed by atoms with van der Waals surface area (Å²) in [5.74, 6) is 0.199.